The van der Waals surface area contributed by atoms with E-state index in [9.17, 15) is 0 Å². The molecule has 0 saturated heterocycles. The summed E-state index contributed by atoms with van der Waals surface area (Å²) < 4.78 is 5.74. The van der Waals surface area contributed by atoms with Crippen LogP contribution < -0.4 is 5.32 Å². The van der Waals surface area contributed by atoms with Crippen molar-refractivity contribution in [2.45, 2.75) is 84.3 Å². The van der Waals surface area contributed by atoms with E-state index in [1.165, 1.54) is 38.5 Å². The van der Waals surface area contributed by atoms with E-state index in [4.69, 9.17) is 4.74 Å². The molecule has 0 amide bonds. The van der Waals surface area contributed by atoms with Gasteiger partial charge in [-0.05, 0) is 32.7 Å². The van der Waals surface area contributed by atoms with Crippen LogP contribution in [0.3, 0.4) is 0 Å². The van der Waals surface area contributed by atoms with Gasteiger partial charge in [0.1, 0.15) is 0 Å². The Morgan fingerprint density at radius 2 is 1.76 bits per heavy atom. The van der Waals surface area contributed by atoms with Gasteiger partial charge in [-0.25, -0.2) is 0 Å². The van der Waals surface area contributed by atoms with Crippen LogP contribution in [-0.2, 0) is 4.74 Å². The average molecular weight is 243 g/mol. The van der Waals surface area contributed by atoms with Crippen molar-refractivity contribution in [3.05, 3.63) is 0 Å². The van der Waals surface area contributed by atoms with Crippen LogP contribution in [0.15, 0.2) is 0 Å². The van der Waals surface area contributed by atoms with Gasteiger partial charge in [-0.3, -0.25) is 0 Å². The minimum atomic E-state index is -0.0125. The SMILES string of the molecule is CCCCCCC(NCCC)C(C)(CC)OC. The molecule has 2 nitrogen and oxygen atoms in total. The fourth-order valence-corrected chi connectivity index (χ4v) is 2.25. The summed E-state index contributed by atoms with van der Waals surface area (Å²) in [4.78, 5) is 0. The summed E-state index contributed by atoms with van der Waals surface area (Å²) in [5.41, 5.74) is -0.0125. The second-order valence-corrected chi connectivity index (χ2v) is 5.23. The van der Waals surface area contributed by atoms with Crippen LogP contribution in [-0.4, -0.2) is 25.3 Å². The Labute approximate surface area is 109 Å². The van der Waals surface area contributed by atoms with Crippen LogP contribution in [0, 0.1) is 0 Å². The molecule has 2 atom stereocenters. The number of ether oxygens (including phenoxy) is 1. The van der Waals surface area contributed by atoms with Crippen molar-refractivity contribution in [3.63, 3.8) is 0 Å². The zero-order valence-corrected chi connectivity index (χ0v) is 12.6. The zero-order valence-electron chi connectivity index (χ0n) is 12.6. The van der Waals surface area contributed by atoms with Gasteiger partial charge in [-0.1, -0.05) is 46.5 Å². The van der Waals surface area contributed by atoms with Crippen LogP contribution in [0.4, 0.5) is 0 Å². The largest absolute Gasteiger partial charge is 0.377 e. The van der Waals surface area contributed by atoms with Crippen molar-refractivity contribution in [1.29, 1.82) is 0 Å². The maximum Gasteiger partial charge on any atom is 0.0800 e. The smallest absolute Gasteiger partial charge is 0.0800 e. The number of rotatable bonds is 11. The van der Waals surface area contributed by atoms with Gasteiger partial charge < -0.3 is 10.1 Å². The first kappa shape index (κ1) is 16.9. The molecule has 0 fully saturated rings. The van der Waals surface area contributed by atoms with Gasteiger partial charge in [0.25, 0.3) is 0 Å². The molecule has 0 saturated carbocycles. The predicted octanol–water partition coefficient (Wildman–Crippen LogP) is 4.14. The lowest BCUT2D eigenvalue weighted by Gasteiger charge is -2.36. The molecule has 1 N–H and O–H groups in total. The first-order valence-electron chi connectivity index (χ1n) is 7.43. The monoisotopic (exact) mass is 243 g/mol. The molecule has 0 aliphatic rings. The van der Waals surface area contributed by atoms with Gasteiger partial charge in [0.2, 0.25) is 0 Å². The number of hydrogen-bond acceptors (Lipinski definition) is 2. The van der Waals surface area contributed by atoms with Crippen LogP contribution in [0.5, 0.6) is 0 Å². The highest BCUT2D eigenvalue weighted by Crippen LogP contribution is 2.23. The average Bonchev–Trinajstić information content (AvgIpc) is 2.37. The second-order valence-electron chi connectivity index (χ2n) is 5.23. The van der Waals surface area contributed by atoms with Gasteiger partial charge in [-0.2, -0.15) is 0 Å². The lowest BCUT2D eigenvalue weighted by atomic mass is 9.89. The molecule has 0 heterocycles. The number of nitrogens with one attached hydrogen (secondary N) is 1. The summed E-state index contributed by atoms with van der Waals surface area (Å²) in [6.45, 7) is 10.0. The zero-order chi connectivity index (χ0) is 13.1. The molecule has 0 bridgehead atoms. The molecule has 0 aromatic rings. The molecular formula is C15H33NO. The lowest BCUT2D eigenvalue weighted by molar-refractivity contribution is -0.0316. The van der Waals surface area contributed by atoms with Gasteiger partial charge >= 0.3 is 0 Å². The van der Waals surface area contributed by atoms with Crippen molar-refractivity contribution in [2.24, 2.45) is 0 Å². The predicted molar refractivity (Wildman–Crippen MR) is 76.5 cm³/mol. The highest BCUT2D eigenvalue weighted by molar-refractivity contribution is 4.88. The molecule has 0 aromatic carbocycles. The van der Waals surface area contributed by atoms with E-state index in [1.807, 2.05) is 7.11 Å². The Morgan fingerprint density at radius 1 is 1.06 bits per heavy atom. The molecule has 17 heavy (non-hydrogen) atoms. The molecule has 0 aliphatic carbocycles. The van der Waals surface area contributed by atoms with Gasteiger partial charge in [0.05, 0.1) is 5.60 Å². The fraction of sp³-hybridized carbons (Fsp3) is 1.00. The second kappa shape index (κ2) is 9.90. The summed E-state index contributed by atoms with van der Waals surface area (Å²) in [6, 6.07) is 0.495. The Hall–Kier alpha value is -0.0800. The number of unbranched alkanes of at least 4 members (excludes halogenated alkanes) is 3. The first-order chi connectivity index (χ1) is 8.14. The summed E-state index contributed by atoms with van der Waals surface area (Å²) >= 11 is 0. The topological polar surface area (TPSA) is 21.3 Å². The van der Waals surface area contributed by atoms with E-state index in [1.54, 1.807) is 0 Å². The molecule has 0 rings (SSSR count). The summed E-state index contributed by atoms with van der Waals surface area (Å²) in [7, 11) is 1.84. The van der Waals surface area contributed by atoms with Crippen LogP contribution in [0.1, 0.15) is 72.6 Å². The lowest BCUT2D eigenvalue weighted by Crippen LogP contribution is -2.50. The molecule has 0 radical (unpaired) electrons. The van der Waals surface area contributed by atoms with E-state index < -0.39 is 0 Å². The van der Waals surface area contributed by atoms with Crippen molar-refractivity contribution in [3.8, 4) is 0 Å². The molecule has 104 valence electrons. The molecule has 0 aromatic heterocycles. The summed E-state index contributed by atoms with van der Waals surface area (Å²) in [5, 5.41) is 3.66. The van der Waals surface area contributed by atoms with Crippen molar-refractivity contribution < 1.29 is 4.74 Å². The van der Waals surface area contributed by atoms with E-state index in [-0.39, 0.29) is 5.60 Å². The molecule has 2 heteroatoms. The van der Waals surface area contributed by atoms with Crippen molar-refractivity contribution in [2.75, 3.05) is 13.7 Å². The highest BCUT2D eigenvalue weighted by atomic mass is 16.5. The minimum absolute atomic E-state index is 0.0125. The van der Waals surface area contributed by atoms with Crippen molar-refractivity contribution >= 4 is 0 Å². The molecule has 2 unspecified atom stereocenters. The van der Waals surface area contributed by atoms with Gasteiger partial charge in [0, 0.05) is 13.2 Å². The first-order valence-corrected chi connectivity index (χ1v) is 7.43. The van der Waals surface area contributed by atoms with E-state index in [0.717, 1.165) is 13.0 Å². The van der Waals surface area contributed by atoms with Crippen LogP contribution >= 0.6 is 0 Å². The Bertz CT molecular complexity index is 166. The minimum Gasteiger partial charge on any atom is -0.377 e. The van der Waals surface area contributed by atoms with Crippen LogP contribution in [0.2, 0.25) is 0 Å². The van der Waals surface area contributed by atoms with Crippen molar-refractivity contribution in [1.82, 2.24) is 5.32 Å². The number of methoxy groups -OCH3 is 1. The third-order valence-corrected chi connectivity index (χ3v) is 3.89. The fourth-order valence-electron chi connectivity index (χ4n) is 2.25. The maximum absolute atomic E-state index is 5.74. The standard InChI is InChI=1S/C15H33NO/c1-6-9-10-11-12-14(16-13-7-2)15(4,8-3)17-5/h14,16H,6-13H2,1-5H3. The summed E-state index contributed by atoms with van der Waals surface area (Å²) in [5.74, 6) is 0. The highest BCUT2D eigenvalue weighted by Gasteiger charge is 2.31. The van der Waals surface area contributed by atoms with E-state index in [0.29, 0.717) is 6.04 Å². The Balaban J connectivity index is 4.20. The van der Waals surface area contributed by atoms with E-state index >= 15 is 0 Å². The third-order valence-electron chi connectivity index (χ3n) is 3.89. The van der Waals surface area contributed by atoms with Gasteiger partial charge in [0.15, 0.2) is 0 Å². The third kappa shape index (κ3) is 6.42. The van der Waals surface area contributed by atoms with E-state index in [2.05, 4.69) is 33.0 Å². The molecule has 0 spiro atoms. The van der Waals surface area contributed by atoms with Crippen LogP contribution in [0.25, 0.3) is 0 Å². The van der Waals surface area contributed by atoms with Gasteiger partial charge in [-0.15, -0.1) is 0 Å². The normalized spacial score (nSPS) is 16.8. The Morgan fingerprint density at radius 3 is 2.24 bits per heavy atom. The number of hydrogen-bond donors (Lipinski definition) is 1. The molecular weight excluding hydrogens is 210 g/mol. The Kier molecular flexibility index (Phi) is 9.85. The maximum atomic E-state index is 5.74. The summed E-state index contributed by atoms with van der Waals surface area (Å²) in [6.07, 6.45) is 8.82. The molecule has 0 aliphatic heterocycles. The quantitative estimate of drug-likeness (QED) is 0.551.